The van der Waals surface area contributed by atoms with Crippen LogP contribution in [0.25, 0.3) is 0 Å². The minimum Gasteiger partial charge on any atom is -0.462 e. The summed E-state index contributed by atoms with van der Waals surface area (Å²) in [6.45, 7) is 6.48. The van der Waals surface area contributed by atoms with Crippen LogP contribution in [0, 0.1) is 0 Å². The minimum absolute atomic E-state index is 0.118. The SMILES string of the molecule is CCCCC/C=C\C/C=C\C/C=C\CCCCC(=O)OC[C@H](COC(=O)CCCCCCC/C=C\C/C=C\CCCCC)OC(=O)CCC/C=C\C/C=C\C/C=C\CCCCCCCC. The molecule has 0 unspecified atom stereocenters. The van der Waals surface area contributed by atoms with Crippen LogP contribution in [0.5, 0.6) is 0 Å². The van der Waals surface area contributed by atoms with Crippen molar-refractivity contribution in [3.05, 3.63) is 97.2 Å². The second-order valence-electron chi connectivity index (χ2n) is 17.4. The number of hydrogen-bond donors (Lipinski definition) is 0. The molecular weight excluding hydrogens is 805 g/mol. The summed E-state index contributed by atoms with van der Waals surface area (Å²) >= 11 is 0. The van der Waals surface area contributed by atoms with E-state index < -0.39 is 6.10 Å². The van der Waals surface area contributed by atoms with Gasteiger partial charge >= 0.3 is 17.9 Å². The molecule has 0 aromatic heterocycles. The van der Waals surface area contributed by atoms with E-state index in [2.05, 4.69) is 118 Å². The average molecular weight is 903 g/mol. The van der Waals surface area contributed by atoms with Crippen LogP contribution in [0.1, 0.15) is 239 Å². The molecule has 0 bridgehead atoms. The molecule has 6 nitrogen and oxygen atoms in total. The molecule has 0 saturated carbocycles. The molecule has 0 aromatic rings. The summed E-state index contributed by atoms with van der Waals surface area (Å²) in [5.74, 6) is -1.03. The molecule has 0 aromatic carbocycles. The number of hydrogen-bond acceptors (Lipinski definition) is 6. The highest BCUT2D eigenvalue weighted by molar-refractivity contribution is 5.71. The predicted octanol–water partition coefficient (Wildman–Crippen LogP) is 17.8. The van der Waals surface area contributed by atoms with Crippen LogP contribution in [0.15, 0.2) is 97.2 Å². The highest BCUT2D eigenvalue weighted by atomic mass is 16.6. The Morgan fingerprint density at radius 2 is 0.569 bits per heavy atom. The average Bonchev–Trinajstić information content (AvgIpc) is 3.30. The molecule has 6 heteroatoms. The third-order valence-electron chi connectivity index (χ3n) is 11.0. The third-order valence-corrected chi connectivity index (χ3v) is 11.0. The van der Waals surface area contributed by atoms with Gasteiger partial charge in [0.15, 0.2) is 6.10 Å². The molecule has 0 aliphatic heterocycles. The maximum atomic E-state index is 12.8. The van der Waals surface area contributed by atoms with E-state index in [4.69, 9.17) is 14.2 Å². The first-order valence-corrected chi connectivity index (χ1v) is 26.7. The largest absolute Gasteiger partial charge is 0.462 e. The fraction of sp³-hybridized carbons (Fsp3) is 0.678. The first-order valence-electron chi connectivity index (χ1n) is 26.7. The fourth-order valence-corrected chi connectivity index (χ4v) is 6.96. The van der Waals surface area contributed by atoms with Crippen molar-refractivity contribution in [1.82, 2.24) is 0 Å². The third kappa shape index (κ3) is 51.2. The molecular formula is C59H98O6. The quantitative estimate of drug-likeness (QED) is 0.0262. The molecule has 0 amide bonds. The molecule has 0 rings (SSSR count). The Morgan fingerprint density at radius 1 is 0.308 bits per heavy atom. The van der Waals surface area contributed by atoms with E-state index in [1.54, 1.807) is 0 Å². The molecule has 0 aliphatic rings. The number of unbranched alkanes of at least 4 members (excludes halogenated alkanes) is 20. The summed E-state index contributed by atoms with van der Waals surface area (Å²) in [5.41, 5.74) is 0. The van der Waals surface area contributed by atoms with Crippen LogP contribution < -0.4 is 0 Å². The lowest BCUT2D eigenvalue weighted by atomic mass is 10.1. The molecule has 0 radical (unpaired) electrons. The van der Waals surface area contributed by atoms with Crippen molar-refractivity contribution < 1.29 is 28.6 Å². The zero-order valence-electron chi connectivity index (χ0n) is 42.2. The van der Waals surface area contributed by atoms with Gasteiger partial charge in [-0.3, -0.25) is 14.4 Å². The van der Waals surface area contributed by atoms with Gasteiger partial charge in [0.1, 0.15) is 13.2 Å². The highest BCUT2D eigenvalue weighted by Crippen LogP contribution is 2.12. The van der Waals surface area contributed by atoms with Crippen LogP contribution in [-0.4, -0.2) is 37.2 Å². The summed E-state index contributed by atoms with van der Waals surface area (Å²) in [4.78, 5) is 38.0. The molecule has 370 valence electrons. The lowest BCUT2D eigenvalue weighted by Crippen LogP contribution is -2.30. The number of carbonyl (C=O) groups is 3. The van der Waals surface area contributed by atoms with E-state index in [9.17, 15) is 14.4 Å². The van der Waals surface area contributed by atoms with Gasteiger partial charge in [0.2, 0.25) is 0 Å². The van der Waals surface area contributed by atoms with Crippen LogP contribution in [-0.2, 0) is 28.6 Å². The lowest BCUT2D eigenvalue weighted by Gasteiger charge is -2.18. The van der Waals surface area contributed by atoms with Crippen molar-refractivity contribution in [3.63, 3.8) is 0 Å². The van der Waals surface area contributed by atoms with Gasteiger partial charge in [0.05, 0.1) is 0 Å². The highest BCUT2D eigenvalue weighted by Gasteiger charge is 2.19. The predicted molar refractivity (Wildman–Crippen MR) is 279 cm³/mol. The molecule has 65 heavy (non-hydrogen) atoms. The Labute approximate surface area is 400 Å². The standard InChI is InChI=1S/C59H98O6/c1-4-7-10-13-16-19-22-25-28-29-32-35-38-41-44-47-50-53-59(62)65-56(54-63-57(60)51-48-45-42-39-36-33-30-26-23-20-17-14-11-8-5-2)55-64-58(61)52-49-46-43-40-37-34-31-27-24-21-18-15-12-9-6-3/h17-18,20-21,25-28,30-32,35-36,39,41,44,56H,4-16,19,22-24,29,33-34,37-38,40,42-43,45-55H2,1-3H3/b20-17-,21-18-,28-25-,30-26-,31-27-,35-32-,39-36-,44-41-/t56-/m1/s1. The van der Waals surface area contributed by atoms with Crippen molar-refractivity contribution in [3.8, 4) is 0 Å². The van der Waals surface area contributed by atoms with E-state index in [0.29, 0.717) is 25.7 Å². The fourth-order valence-electron chi connectivity index (χ4n) is 6.96. The normalized spacial score (nSPS) is 12.8. The number of ether oxygens (including phenoxy) is 3. The Morgan fingerprint density at radius 3 is 0.969 bits per heavy atom. The van der Waals surface area contributed by atoms with Gasteiger partial charge < -0.3 is 14.2 Å². The summed E-state index contributed by atoms with van der Waals surface area (Å²) < 4.78 is 16.7. The smallest absolute Gasteiger partial charge is 0.306 e. The molecule has 0 saturated heterocycles. The maximum absolute atomic E-state index is 12.8. The van der Waals surface area contributed by atoms with Crippen molar-refractivity contribution in [2.45, 2.75) is 245 Å². The zero-order chi connectivity index (χ0) is 47.2. The Balaban J connectivity index is 4.56. The van der Waals surface area contributed by atoms with Crippen LogP contribution in [0.2, 0.25) is 0 Å². The van der Waals surface area contributed by atoms with Gasteiger partial charge in [-0.2, -0.15) is 0 Å². The minimum atomic E-state index is -0.826. The van der Waals surface area contributed by atoms with Gasteiger partial charge in [-0.1, -0.05) is 195 Å². The van der Waals surface area contributed by atoms with Crippen LogP contribution in [0.3, 0.4) is 0 Å². The van der Waals surface area contributed by atoms with Gasteiger partial charge in [0, 0.05) is 19.3 Å². The molecule has 0 spiro atoms. The summed E-state index contributed by atoms with van der Waals surface area (Å²) in [6.07, 6.45) is 69.7. The molecule has 0 N–H and O–H groups in total. The number of carbonyl (C=O) groups excluding carboxylic acids is 3. The van der Waals surface area contributed by atoms with Crippen molar-refractivity contribution >= 4 is 17.9 Å². The molecule has 1 atom stereocenters. The van der Waals surface area contributed by atoms with E-state index in [0.717, 1.165) is 89.9 Å². The number of esters is 3. The van der Waals surface area contributed by atoms with Crippen LogP contribution in [0.4, 0.5) is 0 Å². The second-order valence-corrected chi connectivity index (χ2v) is 17.4. The number of allylic oxidation sites excluding steroid dienone is 16. The summed E-state index contributed by atoms with van der Waals surface area (Å²) in [6, 6.07) is 0. The first kappa shape index (κ1) is 61.3. The van der Waals surface area contributed by atoms with Crippen molar-refractivity contribution in [2.24, 2.45) is 0 Å². The maximum Gasteiger partial charge on any atom is 0.306 e. The van der Waals surface area contributed by atoms with Gasteiger partial charge in [-0.15, -0.1) is 0 Å². The van der Waals surface area contributed by atoms with Gasteiger partial charge in [-0.05, 0) is 122 Å². The van der Waals surface area contributed by atoms with Crippen molar-refractivity contribution in [1.29, 1.82) is 0 Å². The Bertz CT molecular complexity index is 1310. The van der Waals surface area contributed by atoms with Gasteiger partial charge in [0.25, 0.3) is 0 Å². The topological polar surface area (TPSA) is 78.9 Å². The van der Waals surface area contributed by atoms with E-state index in [1.165, 1.54) is 96.3 Å². The summed E-state index contributed by atoms with van der Waals surface area (Å²) in [5, 5.41) is 0. The zero-order valence-corrected chi connectivity index (χ0v) is 42.2. The number of rotatable bonds is 47. The Kier molecular flexibility index (Phi) is 50.0. The van der Waals surface area contributed by atoms with Crippen LogP contribution >= 0.6 is 0 Å². The summed E-state index contributed by atoms with van der Waals surface area (Å²) in [7, 11) is 0. The lowest BCUT2D eigenvalue weighted by molar-refractivity contribution is -0.167. The van der Waals surface area contributed by atoms with E-state index >= 15 is 0 Å². The molecule has 0 aliphatic carbocycles. The van der Waals surface area contributed by atoms with Gasteiger partial charge in [-0.25, -0.2) is 0 Å². The second kappa shape index (κ2) is 52.9. The first-order chi connectivity index (χ1) is 32.0. The van der Waals surface area contributed by atoms with E-state index in [1.807, 2.05) is 0 Å². The van der Waals surface area contributed by atoms with Crippen molar-refractivity contribution in [2.75, 3.05) is 13.2 Å². The monoisotopic (exact) mass is 903 g/mol. The van der Waals surface area contributed by atoms with E-state index in [-0.39, 0.29) is 37.5 Å². The molecule has 0 heterocycles. The Hall–Kier alpha value is -3.67. The molecule has 0 fully saturated rings.